The molecule has 0 aliphatic carbocycles. The highest BCUT2D eigenvalue weighted by Gasteiger charge is 2.17. The summed E-state index contributed by atoms with van der Waals surface area (Å²) in [5, 5.41) is 9.35. The summed E-state index contributed by atoms with van der Waals surface area (Å²) in [6.07, 6.45) is 3.47. The Balaban J connectivity index is 2.13. The van der Waals surface area contributed by atoms with E-state index in [-0.39, 0.29) is 5.78 Å². The summed E-state index contributed by atoms with van der Waals surface area (Å²) in [7, 11) is 0. The van der Waals surface area contributed by atoms with Crippen molar-refractivity contribution in [2.24, 2.45) is 0 Å². The molecule has 0 unspecified atom stereocenters. The molecule has 24 heavy (non-hydrogen) atoms. The molecular formula is C18H18N4OS. The van der Waals surface area contributed by atoms with Gasteiger partial charge < -0.3 is 0 Å². The Morgan fingerprint density at radius 2 is 1.83 bits per heavy atom. The summed E-state index contributed by atoms with van der Waals surface area (Å²) >= 11 is 1.40. The van der Waals surface area contributed by atoms with Crippen molar-refractivity contribution in [2.45, 2.75) is 25.9 Å². The first-order valence-corrected chi connectivity index (χ1v) is 8.60. The van der Waals surface area contributed by atoms with Crippen molar-refractivity contribution in [3.05, 3.63) is 53.9 Å². The average Bonchev–Trinajstić information content (AvgIpc) is 3.00. The topological polar surface area (TPSA) is 60.7 Å². The maximum absolute atomic E-state index is 11.4. The van der Waals surface area contributed by atoms with Crippen molar-refractivity contribution in [2.75, 3.05) is 5.75 Å². The molecule has 5 nitrogen and oxygen atoms in total. The molecule has 6 heteroatoms. The van der Waals surface area contributed by atoms with Gasteiger partial charge in [-0.25, -0.2) is 0 Å². The number of thioether (sulfide) groups is 1. The lowest BCUT2D eigenvalue weighted by Gasteiger charge is -2.12. The van der Waals surface area contributed by atoms with Crippen molar-refractivity contribution >= 4 is 17.5 Å². The minimum atomic E-state index is 0.111. The van der Waals surface area contributed by atoms with Crippen LogP contribution in [0.2, 0.25) is 0 Å². The van der Waals surface area contributed by atoms with Crippen LogP contribution in [0.1, 0.15) is 18.1 Å². The van der Waals surface area contributed by atoms with Crippen LogP contribution in [0, 0.1) is 13.8 Å². The normalized spacial score (nSPS) is 10.8. The Morgan fingerprint density at radius 3 is 2.50 bits per heavy atom. The number of hydrogen-bond acceptors (Lipinski definition) is 5. The Kier molecular flexibility index (Phi) is 4.76. The van der Waals surface area contributed by atoms with Gasteiger partial charge in [-0.1, -0.05) is 17.8 Å². The smallest absolute Gasteiger partial charge is 0.196 e. The fraction of sp³-hybridized carbons (Fsp3) is 0.222. The second-order valence-electron chi connectivity index (χ2n) is 5.64. The monoisotopic (exact) mass is 338 g/mol. The number of hydrogen-bond donors (Lipinski definition) is 0. The van der Waals surface area contributed by atoms with E-state index in [2.05, 4.69) is 41.2 Å². The molecule has 0 saturated carbocycles. The lowest BCUT2D eigenvalue weighted by Crippen LogP contribution is -2.02. The van der Waals surface area contributed by atoms with Crippen LogP contribution < -0.4 is 0 Å². The number of pyridine rings is 1. The quantitative estimate of drug-likeness (QED) is 0.665. The minimum absolute atomic E-state index is 0.111. The highest BCUT2D eigenvalue weighted by Crippen LogP contribution is 2.28. The minimum Gasteiger partial charge on any atom is -0.299 e. The number of carbonyl (C=O) groups is 1. The SMILES string of the molecule is CC(=O)CSc1nnc(-c2ccncc2)n1-c1ccc(C)c(C)c1. The number of benzene rings is 1. The first-order chi connectivity index (χ1) is 11.6. The lowest BCUT2D eigenvalue weighted by molar-refractivity contribution is -0.114. The van der Waals surface area contributed by atoms with E-state index >= 15 is 0 Å². The van der Waals surface area contributed by atoms with Gasteiger partial charge in [0.05, 0.1) is 11.4 Å². The second kappa shape index (κ2) is 6.97. The highest BCUT2D eigenvalue weighted by atomic mass is 32.2. The van der Waals surface area contributed by atoms with Crippen molar-refractivity contribution in [3.63, 3.8) is 0 Å². The molecule has 0 saturated heterocycles. The highest BCUT2D eigenvalue weighted by molar-refractivity contribution is 7.99. The van der Waals surface area contributed by atoms with Crippen molar-refractivity contribution in [3.8, 4) is 17.1 Å². The van der Waals surface area contributed by atoms with Crippen LogP contribution >= 0.6 is 11.8 Å². The van der Waals surface area contributed by atoms with Crippen molar-refractivity contribution in [1.29, 1.82) is 0 Å². The Morgan fingerprint density at radius 1 is 1.08 bits per heavy atom. The van der Waals surface area contributed by atoms with Crippen LogP contribution in [0.5, 0.6) is 0 Å². The third-order valence-electron chi connectivity index (χ3n) is 3.73. The number of ketones is 1. The Labute approximate surface area is 145 Å². The maximum atomic E-state index is 11.4. The summed E-state index contributed by atoms with van der Waals surface area (Å²) < 4.78 is 2.00. The number of rotatable bonds is 5. The fourth-order valence-corrected chi connectivity index (χ4v) is 3.07. The summed E-state index contributed by atoms with van der Waals surface area (Å²) in [4.78, 5) is 15.4. The molecule has 0 aliphatic heterocycles. The molecule has 0 N–H and O–H groups in total. The average molecular weight is 338 g/mol. The zero-order valence-corrected chi connectivity index (χ0v) is 14.7. The zero-order chi connectivity index (χ0) is 17.1. The standard InChI is InChI=1S/C18H18N4OS/c1-12-4-5-16(10-13(12)2)22-17(15-6-8-19-9-7-15)20-21-18(22)24-11-14(3)23/h4-10H,11H2,1-3H3. The van der Waals surface area contributed by atoms with E-state index in [1.807, 2.05) is 22.8 Å². The first kappa shape index (κ1) is 16.4. The van der Waals surface area contributed by atoms with E-state index in [1.165, 1.54) is 22.9 Å². The summed E-state index contributed by atoms with van der Waals surface area (Å²) in [6, 6.07) is 10.1. The van der Waals surface area contributed by atoms with E-state index in [0.717, 1.165) is 17.1 Å². The third-order valence-corrected chi connectivity index (χ3v) is 4.80. The third kappa shape index (κ3) is 3.38. The van der Waals surface area contributed by atoms with Crippen LogP contribution in [0.25, 0.3) is 17.1 Å². The molecule has 0 atom stereocenters. The van der Waals surface area contributed by atoms with E-state index < -0.39 is 0 Å². The molecule has 2 heterocycles. The fourth-order valence-electron chi connectivity index (χ4n) is 2.31. The van der Waals surface area contributed by atoms with E-state index in [0.29, 0.717) is 10.9 Å². The molecule has 122 valence electrons. The van der Waals surface area contributed by atoms with Gasteiger partial charge in [-0.15, -0.1) is 10.2 Å². The Bertz CT molecular complexity index is 874. The van der Waals surface area contributed by atoms with Crippen LogP contribution in [0.4, 0.5) is 0 Å². The summed E-state index contributed by atoms with van der Waals surface area (Å²) in [5.74, 6) is 1.23. The van der Waals surface area contributed by atoms with E-state index in [9.17, 15) is 4.79 Å². The van der Waals surface area contributed by atoms with Gasteiger partial charge in [-0.3, -0.25) is 14.3 Å². The molecule has 0 spiro atoms. The van der Waals surface area contributed by atoms with E-state index in [4.69, 9.17) is 0 Å². The maximum Gasteiger partial charge on any atom is 0.196 e. The predicted molar refractivity (Wildman–Crippen MR) is 95.5 cm³/mol. The number of aryl methyl sites for hydroxylation is 2. The molecule has 0 amide bonds. The molecule has 2 aromatic heterocycles. The molecule has 0 aliphatic rings. The van der Waals surface area contributed by atoms with Gasteiger partial charge in [0.15, 0.2) is 11.0 Å². The van der Waals surface area contributed by atoms with Crippen LogP contribution in [0.15, 0.2) is 47.9 Å². The molecule has 3 aromatic rings. The summed E-state index contributed by atoms with van der Waals surface area (Å²) in [6.45, 7) is 5.74. The predicted octanol–water partition coefficient (Wildman–Crippen LogP) is 3.63. The van der Waals surface area contributed by atoms with E-state index in [1.54, 1.807) is 19.3 Å². The van der Waals surface area contributed by atoms with Crippen molar-refractivity contribution < 1.29 is 4.79 Å². The second-order valence-corrected chi connectivity index (χ2v) is 6.58. The van der Waals surface area contributed by atoms with Gasteiger partial charge in [0.25, 0.3) is 0 Å². The molecular weight excluding hydrogens is 320 g/mol. The Hall–Kier alpha value is -2.47. The molecule has 0 radical (unpaired) electrons. The van der Waals surface area contributed by atoms with Crippen molar-refractivity contribution in [1.82, 2.24) is 19.7 Å². The molecule has 0 fully saturated rings. The number of aromatic nitrogens is 4. The van der Waals surface area contributed by atoms with Gasteiger partial charge in [-0.2, -0.15) is 0 Å². The largest absolute Gasteiger partial charge is 0.299 e. The zero-order valence-electron chi connectivity index (χ0n) is 13.9. The first-order valence-electron chi connectivity index (χ1n) is 7.62. The molecule has 1 aromatic carbocycles. The summed E-state index contributed by atoms with van der Waals surface area (Å²) in [5.41, 5.74) is 4.35. The van der Waals surface area contributed by atoms with Crippen LogP contribution in [0.3, 0.4) is 0 Å². The molecule has 3 rings (SSSR count). The van der Waals surface area contributed by atoms with Crippen LogP contribution in [-0.2, 0) is 4.79 Å². The van der Waals surface area contributed by atoms with Gasteiger partial charge in [-0.05, 0) is 56.2 Å². The van der Waals surface area contributed by atoms with Gasteiger partial charge in [0, 0.05) is 18.0 Å². The number of carbonyl (C=O) groups excluding carboxylic acids is 1. The van der Waals surface area contributed by atoms with Gasteiger partial charge in [0.2, 0.25) is 0 Å². The molecule has 0 bridgehead atoms. The number of nitrogens with zero attached hydrogens (tertiary/aromatic N) is 4. The lowest BCUT2D eigenvalue weighted by atomic mass is 10.1. The number of Topliss-reactive ketones (excluding diaryl/α,β-unsaturated/α-hetero) is 1. The van der Waals surface area contributed by atoms with Crippen LogP contribution in [-0.4, -0.2) is 31.3 Å². The van der Waals surface area contributed by atoms with Gasteiger partial charge >= 0.3 is 0 Å². The van der Waals surface area contributed by atoms with Gasteiger partial charge in [0.1, 0.15) is 5.78 Å².